The zero-order valence-corrected chi connectivity index (χ0v) is 16.0. The summed E-state index contributed by atoms with van der Waals surface area (Å²) in [5.41, 5.74) is 1.50. The quantitative estimate of drug-likeness (QED) is 0.508. The van der Waals surface area contributed by atoms with E-state index in [-0.39, 0.29) is 12.5 Å². The highest BCUT2D eigenvalue weighted by atomic mass is 35.5. The molecule has 0 aliphatic carbocycles. The first-order chi connectivity index (χ1) is 13.7. The first kappa shape index (κ1) is 19.6. The molecule has 0 aliphatic heterocycles. The highest BCUT2D eigenvalue weighted by Crippen LogP contribution is 2.18. The number of ether oxygens (including phenoxy) is 2. The molecule has 0 fully saturated rings. The van der Waals surface area contributed by atoms with Gasteiger partial charge in [0.05, 0.1) is 6.54 Å². The van der Waals surface area contributed by atoms with Crippen molar-refractivity contribution in [2.24, 2.45) is 0 Å². The number of anilines is 2. The molecular formula is C22H21ClN2O3. The third kappa shape index (κ3) is 6.52. The maximum atomic E-state index is 12.1. The van der Waals surface area contributed by atoms with E-state index in [1.165, 1.54) is 0 Å². The van der Waals surface area contributed by atoms with Crippen LogP contribution in [0.5, 0.6) is 11.5 Å². The molecule has 0 spiro atoms. The number of hydrogen-bond donors (Lipinski definition) is 2. The van der Waals surface area contributed by atoms with E-state index in [4.69, 9.17) is 21.1 Å². The smallest absolute Gasteiger partial charge is 0.243 e. The first-order valence-corrected chi connectivity index (χ1v) is 9.27. The molecule has 0 unspecified atom stereocenters. The lowest BCUT2D eigenvalue weighted by molar-refractivity contribution is -0.114. The monoisotopic (exact) mass is 396 g/mol. The van der Waals surface area contributed by atoms with Crippen molar-refractivity contribution in [1.29, 1.82) is 0 Å². The number of rotatable bonds is 9. The van der Waals surface area contributed by atoms with Crippen LogP contribution in [0.4, 0.5) is 11.4 Å². The van der Waals surface area contributed by atoms with E-state index in [0.29, 0.717) is 29.7 Å². The van der Waals surface area contributed by atoms with Crippen LogP contribution in [0.15, 0.2) is 78.9 Å². The van der Waals surface area contributed by atoms with Crippen molar-refractivity contribution in [3.63, 3.8) is 0 Å². The summed E-state index contributed by atoms with van der Waals surface area (Å²) in [7, 11) is 0. The van der Waals surface area contributed by atoms with Crippen molar-refractivity contribution in [3.05, 3.63) is 83.9 Å². The number of nitrogens with one attached hydrogen (secondary N) is 2. The van der Waals surface area contributed by atoms with Gasteiger partial charge in [-0.15, -0.1) is 0 Å². The Kier molecular flexibility index (Phi) is 7.15. The number of halogens is 1. The summed E-state index contributed by atoms with van der Waals surface area (Å²) in [6.45, 7) is 0.994. The summed E-state index contributed by atoms with van der Waals surface area (Å²) in [6, 6.07) is 24.0. The SMILES string of the molecule is O=C(CNc1ccc(Cl)cc1)Nc1cccc(OCCOc2ccccc2)c1. The number of carbonyl (C=O) groups excluding carboxylic acids is 1. The summed E-state index contributed by atoms with van der Waals surface area (Å²) in [5, 5.41) is 6.54. The Bertz CT molecular complexity index is 886. The van der Waals surface area contributed by atoms with Crippen LogP contribution in [0.2, 0.25) is 5.02 Å². The van der Waals surface area contributed by atoms with Gasteiger partial charge in [0.25, 0.3) is 0 Å². The Morgan fingerprint density at radius 2 is 1.46 bits per heavy atom. The van der Waals surface area contributed by atoms with Crippen molar-refractivity contribution >= 4 is 28.9 Å². The van der Waals surface area contributed by atoms with Gasteiger partial charge in [-0.2, -0.15) is 0 Å². The summed E-state index contributed by atoms with van der Waals surface area (Å²) in [5.74, 6) is 1.32. The van der Waals surface area contributed by atoms with Gasteiger partial charge in [0.1, 0.15) is 24.7 Å². The summed E-state index contributed by atoms with van der Waals surface area (Å²) >= 11 is 5.85. The van der Waals surface area contributed by atoms with Gasteiger partial charge in [-0.25, -0.2) is 0 Å². The van der Waals surface area contributed by atoms with Crippen LogP contribution < -0.4 is 20.1 Å². The number of amides is 1. The molecule has 3 rings (SSSR count). The van der Waals surface area contributed by atoms with Crippen LogP contribution in [0, 0.1) is 0 Å². The molecule has 2 N–H and O–H groups in total. The number of hydrogen-bond acceptors (Lipinski definition) is 4. The van der Waals surface area contributed by atoms with Crippen LogP contribution in [0.1, 0.15) is 0 Å². The van der Waals surface area contributed by atoms with Crippen molar-refractivity contribution < 1.29 is 14.3 Å². The van der Waals surface area contributed by atoms with E-state index in [1.54, 1.807) is 18.2 Å². The number of benzene rings is 3. The Hall–Kier alpha value is -3.18. The van der Waals surface area contributed by atoms with Gasteiger partial charge >= 0.3 is 0 Å². The van der Waals surface area contributed by atoms with E-state index in [9.17, 15) is 4.79 Å². The topological polar surface area (TPSA) is 59.6 Å². The Morgan fingerprint density at radius 3 is 2.21 bits per heavy atom. The Labute approximate surface area is 169 Å². The van der Waals surface area contributed by atoms with Gasteiger partial charge in [0.2, 0.25) is 5.91 Å². The van der Waals surface area contributed by atoms with Crippen LogP contribution in [-0.4, -0.2) is 25.7 Å². The molecule has 0 radical (unpaired) electrons. The first-order valence-electron chi connectivity index (χ1n) is 8.89. The predicted molar refractivity (Wildman–Crippen MR) is 112 cm³/mol. The Morgan fingerprint density at radius 1 is 0.786 bits per heavy atom. The maximum Gasteiger partial charge on any atom is 0.243 e. The van der Waals surface area contributed by atoms with Crippen molar-refractivity contribution in [1.82, 2.24) is 0 Å². The normalized spacial score (nSPS) is 10.2. The molecule has 6 heteroatoms. The van der Waals surface area contributed by atoms with Crippen molar-refractivity contribution in [2.75, 3.05) is 30.4 Å². The molecule has 28 heavy (non-hydrogen) atoms. The highest BCUT2D eigenvalue weighted by molar-refractivity contribution is 6.30. The van der Waals surface area contributed by atoms with Crippen LogP contribution in [0.25, 0.3) is 0 Å². The lowest BCUT2D eigenvalue weighted by atomic mass is 10.3. The van der Waals surface area contributed by atoms with Crippen LogP contribution in [0.3, 0.4) is 0 Å². The fourth-order valence-corrected chi connectivity index (χ4v) is 2.58. The predicted octanol–water partition coefficient (Wildman–Crippen LogP) is 4.85. The van der Waals surface area contributed by atoms with Gasteiger partial charge in [0, 0.05) is 22.5 Å². The van der Waals surface area contributed by atoms with Gasteiger partial charge in [-0.1, -0.05) is 35.9 Å². The Balaban J connectivity index is 1.42. The third-order valence-corrected chi connectivity index (χ3v) is 4.03. The average molecular weight is 397 g/mol. The summed E-state index contributed by atoms with van der Waals surface area (Å²) < 4.78 is 11.3. The van der Waals surface area contributed by atoms with Gasteiger partial charge in [-0.05, 0) is 48.5 Å². The number of carbonyl (C=O) groups is 1. The highest BCUT2D eigenvalue weighted by Gasteiger charge is 2.04. The van der Waals surface area contributed by atoms with E-state index in [1.807, 2.05) is 60.7 Å². The average Bonchev–Trinajstić information content (AvgIpc) is 2.72. The maximum absolute atomic E-state index is 12.1. The number of para-hydroxylation sites is 1. The molecule has 0 aliphatic rings. The minimum atomic E-state index is -0.153. The second-order valence-corrected chi connectivity index (χ2v) is 6.38. The lowest BCUT2D eigenvalue weighted by Crippen LogP contribution is -2.21. The standard InChI is InChI=1S/C22H21ClN2O3/c23-17-9-11-18(12-10-17)24-16-22(26)25-19-5-4-8-21(15-19)28-14-13-27-20-6-2-1-3-7-20/h1-12,15,24H,13-14,16H2,(H,25,26). The minimum absolute atomic E-state index is 0.150. The lowest BCUT2D eigenvalue weighted by Gasteiger charge is -2.11. The van der Waals surface area contributed by atoms with Crippen molar-refractivity contribution in [2.45, 2.75) is 0 Å². The molecule has 144 valence electrons. The summed E-state index contributed by atoms with van der Waals surface area (Å²) in [4.78, 5) is 12.1. The fraction of sp³-hybridized carbons (Fsp3) is 0.136. The van der Waals surface area contributed by atoms with Crippen LogP contribution in [-0.2, 0) is 4.79 Å². The largest absolute Gasteiger partial charge is 0.490 e. The third-order valence-electron chi connectivity index (χ3n) is 3.78. The van der Waals surface area contributed by atoms with Crippen LogP contribution >= 0.6 is 11.6 Å². The molecule has 0 saturated carbocycles. The molecule has 3 aromatic rings. The zero-order chi connectivity index (χ0) is 19.6. The fourth-order valence-electron chi connectivity index (χ4n) is 2.45. The molecule has 3 aromatic carbocycles. The molecular weight excluding hydrogens is 376 g/mol. The molecule has 1 amide bonds. The van der Waals surface area contributed by atoms with E-state index in [0.717, 1.165) is 11.4 Å². The second kappa shape index (κ2) is 10.2. The van der Waals surface area contributed by atoms with E-state index in [2.05, 4.69) is 10.6 Å². The molecule has 0 bridgehead atoms. The molecule has 0 heterocycles. The molecule has 0 aromatic heterocycles. The molecule has 5 nitrogen and oxygen atoms in total. The van der Waals surface area contributed by atoms with E-state index >= 15 is 0 Å². The zero-order valence-electron chi connectivity index (χ0n) is 15.2. The van der Waals surface area contributed by atoms with Gasteiger partial charge in [-0.3, -0.25) is 4.79 Å². The second-order valence-electron chi connectivity index (χ2n) is 5.95. The van der Waals surface area contributed by atoms with Gasteiger partial charge < -0.3 is 20.1 Å². The summed E-state index contributed by atoms with van der Waals surface area (Å²) in [6.07, 6.45) is 0. The van der Waals surface area contributed by atoms with Gasteiger partial charge in [0.15, 0.2) is 0 Å². The van der Waals surface area contributed by atoms with E-state index < -0.39 is 0 Å². The minimum Gasteiger partial charge on any atom is -0.490 e. The molecule has 0 atom stereocenters. The molecule has 0 saturated heterocycles. The van der Waals surface area contributed by atoms with Crippen molar-refractivity contribution in [3.8, 4) is 11.5 Å².